The third-order valence-corrected chi connectivity index (χ3v) is 6.39. The molecule has 1 aliphatic heterocycles. The van der Waals surface area contributed by atoms with Gasteiger partial charge in [-0.3, -0.25) is 5.41 Å². The Morgan fingerprint density at radius 1 is 1.00 bits per heavy atom. The van der Waals surface area contributed by atoms with Crippen molar-refractivity contribution >= 4 is 21.5 Å². The first-order valence-electron chi connectivity index (χ1n) is 8.25. The highest BCUT2D eigenvalue weighted by molar-refractivity contribution is 7.89. The van der Waals surface area contributed by atoms with Gasteiger partial charge in [-0.15, -0.1) is 0 Å². The van der Waals surface area contributed by atoms with E-state index in [1.165, 1.54) is 4.31 Å². The molecule has 0 amide bonds. The second kappa shape index (κ2) is 7.35. The first-order valence-corrected chi connectivity index (χ1v) is 9.69. The van der Waals surface area contributed by atoms with Crippen molar-refractivity contribution in [3.8, 4) is 5.75 Å². The van der Waals surface area contributed by atoms with Gasteiger partial charge in [0.15, 0.2) is 0 Å². The average Bonchev–Trinajstić information content (AvgIpc) is 2.68. The molecule has 1 aliphatic rings. The standard InChI is InChI=1S/C18H22N4O3S/c1-25-16-6-8-17(9-7-16)26(23,24)22-12-10-21(11-13-22)15-4-2-14(3-5-15)18(19)20/h2-9H,10-13H2,1H3,(H3,19,20). The number of nitrogen functional groups attached to an aromatic ring is 1. The molecule has 0 spiro atoms. The van der Waals surface area contributed by atoms with Crippen LogP contribution in [0.25, 0.3) is 0 Å². The monoisotopic (exact) mass is 374 g/mol. The summed E-state index contributed by atoms with van der Waals surface area (Å²) < 4.78 is 32.1. The Kier molecular flexibility index (Phi) is 5.15. The predicted octanol–water partition coefficient (Wildman–Crippen LogP) is 1.49. The number of piperazine rings is 1. The molecule has 26 heavy (non-hydrogen) atoms. The topological polar surface area (TPSA) is 99.7 Å². The van der Waals surface area contributed by atoms with E-state index in [0.29, 0.717) is 37.5 Å². The van der Waals surface area contributed by atoms with Gasteiger partial charge in [-0.05, 0) is 48.5 Å². The van der Waals surface area contributed by atoms with E-state index in [-0.39, 0.29) is 10.7 Å². The second-order valence-electron chi connectivity index (χ2n) is 6.03. The van der Waals surface area contributed by atoms with E-state index in [2.05, 4.69) is 4.90 Å². The van der Waals surface area contributed by atoms with Gasteiger partial charge in [-0.25, -0.2) is 8.42 Å². The van der Waals surface area contributed by atoms with Crippen LogP contribution in [0, 0.1) is 5.41 Å². The van der Waals surface area contributed by atoms with E-state index in [1.54, 1.807) is 43.5 Å². The van der Waals surface area contributed by atoms with Crippen molar-refractivity contribution in [3.05, 3.63) is 54.1 Å². The molecule has 0 aromatic heterocycles. The van der Waals surface area contributed by atoms with E-state index in [4.69, 9.17) is 15.9 Å². The average molecular weight is 374 g/mol. The molecule has 3 N–H and O–H groups in total. The summed E-state index contributed by atoms with van der Waals surface area (Å²) in [6.07, 6.45) is 0. The molecule has 2 aromatic rings. The number of ether oxygens (including phenoxy) is 1. The SMILES string of the molecule is COc1ccc(S(=O)(=O)N2CCN(c3ccc(C(=N)N)cc3)CC2)cc1. The number of amidine groups is 1. The van der Waals surface area contributed by atoms with Crippen molar-refractivity contribution in [2.45, 2.75) is 4.90 Å². The van der Waals surface area contributed by atoms with Crippen LogP contribution < -0.4 is 15.4 Å². The van der Waals surface area contributed by atoms with Crippen LogP contribution >= 0.6 is 0 Å². The van der Waals surface area contributed by atoms with Gasteiger partial charge in [0.2, 0.25) is 10.0 Å². The summed E-state index contributed by atoms with van der Waals surface area (Å²) in [6, 6.07) is 13.9. The first-order chi connectivity index (χ1) is 12.4. The smallest absolute Gasteiger partial charge is 0.243 e. The van der Waals surface area contributed by atoms with Crippen LogP contribution in [0.1, 0.15) is 5.56 Å². The van der Waals surface area contributed by atoms with E-state index < -0.39 is 10.0 Å². The minimum atomic E-state index is -3.50. The van der Waals surface area contributed by atoms with Gasteiger partial charge in [-0.1, -0.05) is 0 Å². The third-order valence-electron chi connectivity index (χ3n) is 4.48. The second-order valence-corrected chi connectivity index (χ2v) is 7.97. The maximum Gasteiger partial charge on any atom is 0.243 e. The maximum atomic E-state index is 12.8. The lowest BCUT2D eigenvalue weighted by Crippen LogP contribution is -2.48. The van der Waals surface area contributed by atoms with Gasteiger partial charge in [0.25, 0.3) is 0 Å². The molecule has 8 heteroatoms. The summed E-state index contributed by atoms with van der Waals surface area (Å²) in [5, 5.41) is 7.44. The van der Waals surface area contributed by atoms with Crippen molar-refractivity contribution in [3.63, 3.8) is 0 Å². The van der Waals surface area contributed by atoms with Crippen LogP contribution in [0.5, 0.6) is 5.75 Å². The van der Waals surface area contributed by atoms with Gasteiger partial charge >= 0.3 is 0 Å². The quantitative estimate of drug-likeness (QED) is 0.610. The molecule has 1 fully saturated rings. The number of nitrogens with one attached hydrogen (secondary N) is 1. The zero-order valence-corrected chi connectivity index (χ0v) is 15.4. The summed E-state index contributed by atoms with van der Waals surface area (Å²) >= 11 is 0. The third kappa shape index (κ3) is 3.66. The normalized spacial score (nSPS) is 15.7. The predicted molar refractivity (Wildman–Crippen MR) is 101 cm³/mol. The fourth-order valence-corrected chi connectivity index (χ4v) is 4.36. The number of nitrogens with zero attached hydrogens (tertiary/aromatic N) is 2. The van der Waals surface area contributed by atoms with E-state index in [0.717, 1.165) is 5.69 Å². The van der Waals surface area contributed by atoms with Crippen molar-refractivity contribution < 1.29 is 13.2 Å². The number of rotatable bonds is 5. The fourth-order valence-electron chi connectivity index (χ4n) is 2.94. The highest BCUT2D eigenvalue weighted by Crippen LogP contribution is 2.23. The van der Waals surface area contributed by atoms with Crippen molar-refractivity contribution in [2.75, 3.05) is 38.2 Å². The molecule has 3 rings (SSSR count). The Morgan fingerprint density at radius 2 is 1.58 bits per heavy atom. The van der Waals surface area contributed by atoms with E-state index in [9.17, 15) is 8.42 Å². The number of anilines is 1. The van der Waals surface area contributed by atoms with Crippen LogP contribution in [-0.2, 0) is 10.0 Å². The molecule has 0 radical (unpaired) electrons. The van der Waals surface area contributed by atoms with Gasteiger partial charge in [0.1, 0.15) is 11.6 Å². The number of benzene rings is 2. The van der Waals surface area contributed by atoms with Gasteiger partial charge < -0.3 is 15.4 Å². The highest BCUT2D eigenvalue weighted by Gasteiger charge is 2.28. The lowest BCUT2D eigenvalue weighted by atomic mass is 10.1. The largest absolute Gasteiger partial charge is 0.497 e. The zero-order valence-electron chi connectivity index (χ0n) is 14.6. The van der Waals surface area contributed by atoms with Crippen molar-refractivity contribution in [1.82, 2.24) is 4.31 Å². The zero-order chi connectivity index (χ0) is 18.7. The Labute approximate surface area is 153 Å². The molecule has 0 bridgehead atoms. The van der Waals surface area contributed by atoms with Crippen molar-refractivity contribution in [2.24, 2.45) is 5.73 Å². The summed E-state index contributed by atoms with van der Waals surface area (Å²) in [5.74, 6) is 0.662. The number of hydrogen-bond donors (Lipinski definition) is 2. The summed E-state index contributed by atoms with van der Waals surface area (Å²) in [5.41, 5.74) is 7.14. The van der Waals surface area contributed by atoms with Gasteiger partial charge in [-0.2, -0.15) is 4.31 Å². The fraction of sp³-hybridized carbons (Fsp3) is 0.278. The van der Waals surface area contributed by atoms with E-state index >= 15 is 0 Å². The molecule has 138 valence electrons. The number of hydrogen-bond acceptors (Lipinski definition) is 5. The minimum absolute atomic E-state index is 0.0342. The van der Waals surface area contributed by atoms with E-state index in [1.807, 2.05) is 12.1 Å². The maximum absolute atomic E-state index is 12.8. The Bertz CT molecular complexity index is 872. The number of methoxy groups -OCH3 is 1. The van der Waals surface area contributed by atoms with Gasteiger partial charge in [0.05, 0.1) is 12.0 Å². The lowest BCUT2D eigenvalue weighted by Gasteiger charge is -2.35. The Morgan fingerprint density at radius 3 is 2.08 bits per heavy atom. The molecular formula is C18H22N4O3S. The van der Waals surface area contributed by atoms with Gasteiger partial charge in [0, 0.05) is 37.4 Å². The van der Waals surface area contributed by atoms with Crippen LogP contribution in [0.15, 0.2) is 53.4 Å². The summed E-state index contributed by atoms with van der Waals surface area (Å²) in [6.45, 7) is 2.05. The summed E-state index contributed by atoms with van der Waals surface area (Å²) in [7, 11) is -1.96. The van der Waals surface area contributed by atoms with Crippen molar-refractivity contribution in [1.29, 1.82) is 5.41 Å². The molecule has 0 atom stereocenters. The van der Waals surface area contributed by atoms with Crippen LogP contribution in [0.2, 0.25) is 0 Å². The molecule has 0 aliphatic carbocycles. The molecule has 0 unspecified atom stereocenters. The number of sulfonamides is 1. The number of nitrogens with two attached hydrogens (primary N) is 1. The molecule has 1 saturated heterocycles. The lowest BCUT2D eigenvalue weighted by molar-refractivity contribution is 0.384. The highest BCUT2D eigenvalue weighted by atomic mass is 32.2. The molecule has 2 aromatic carbocycles. The Balaban J connectivity index is 1.68. The molecule has 1 heterocycles. The minimum Gasteiger partial charge on any atom is -0.497 e. The molecule has 0 saturated carbocycles. The molecular weight excluding hydrogens is 352 g/mol. The van der Waals surface area contributed by atoms with Crippen LogP contribution in [0.3, 0.4) is 0 Å². The first kappa shape index (κ1) is 18.2. The van der Waals surface area contributed by atoms with Crippen LogP contribution in [-0.4, -0.2) is 51.8 Å². The van der Waals surface area contributed by atoms with Crippen LogP contribution in [0.4, 0.5) is 5.69 Å². The Hall–Kier alpha value is -2.58. The summed E-state index contributed by atoms with van der Waals surface area (Å²) in [4.78, 5) is 2.40. The molecule has 7 nitrogen and oxygen atoms in total.